The maximum absolute atomic E-state index is 4.36. The molecule has 0 saturated carbocycles. The SMILES string of the molecule is CCCC(Nc1ccn(C)n1)c1ccccc1. The Labute approximate surface area is 102 Å². The monoisotopic (exact) mass is 229 g/mol. The highest BCUT2D eigenvalue weighted by molar-refractivity contribution is 5.37. The molecule has 0 radical (unpaired) electrons. The summed E-state index contributed by atoms with van der Waals surface area (Å²) in [6.45, 7) is 2.20. The van der Waals surface area contributed by atoms with Crippen molar-refractivity contribution in [1.29, 1.82) is 0 Å². The molecule has 3 heteroatoms. The first-order chi connectivity index (χ1) is 8.29. The zero-order valence-corrected chi connectivity index (χ0v) is 10.4. The third-order valence-corrected chi connectivity index (χ3v) is 2.82. The van der Waals surface area contributed by atoms with Crippen LogP contribution in [-0.2, 0) is 7.05 Å². The van der Waals surface area contributed by atoms with Gasteiger partial charge in [0.05, 0.1) is 6.04 Å². The predicted molar refractivity (Wildman–Crippen MR) is 70.9 cm³/mol. The van der Waals surface area contributed by atoms with E-state index in [9.17, 15) is 0 Å². The van der Waals surface area contributed by atoms with Gasteiger partial charge >= 0.3 is 0 Å². The van der Waals surface area contributed by atoms with Crippen LogP contribution in [0.5, 0.6) is 0 Å². The molecule has 1 N–H and O–H groups in total. The predicted octanol–water partition coefficient (Wildman–Crippen LogP) is 3.37. The van der Waals surface area contributed by atoms with E-state index in [4.69, 9.17) is 0 Å². The molecule has 0 spiro atoms. The Hall–Kier alpha value is -1.77. The normalized spacial score (nSPS) is 12.4. The van der Waals surface area contributed by atoms with E-state index in [1.165, 1.54) is 5.56 Å². The minimum Gasteiger partial charge on any atom is -0.362 e. The van der Waals surface area contributed by atoms with Gasteiger partial charge in [0.15, 0.2) is 0 Å². The summed E-state index contributed by atoms with van der Waals surface area (Å²) in [6.07, 6.45) is 4.22. The molecule has 0 aliphatic rings. The number of aromatic nitrogens is 2. The number of nitrogens with zero attached hydrogens (tertiary/aromatic N) is 2. The van der Waals surface area contributed by atoms with Crippen LogP contribution in [0.3, 0.4) is 0 Å². The first-order valence-electron chi connectivity index (χ1n) is 6.10. The van der Waals surface area contributed by atoms with Gasteiger partial charge in [0, 0.05) is 19.3 Å². The molecule has 0 bridgehead atoms. The van der Waals surface area contributed by atoms with Crippen molar-refractivity contribution in [2.75, 3.05) is 5.32 Å². The van der Waals surface area contributed by atoms with Crippen LogP contribution in [0.1, 0.15) is 31.4 Å². The second-order valence-electron chi connectivity index (χ2n) is 4.27. The van der Waals surface area contributed by atoms with Gasteiger partial charge in [-0.05, 0) is 12.0 Å². The van der Waals surface area contributed by atoms with Gasteiger partial charge in [-0.2, -0.15) is 5.10 Å². The van der Waals surface area contributed by atoms with Crippen molar-refractivity contribution in [3.05, 3.63) is 48.2 Å². The second-order valence-corrected chi connectivity index (χ2v) is 4.27. The molecular formula is C14H19N3. The van der Waals surface area contributed by atoms with Crippen LogP contribution in [0.15, 0.2) is 42.6 Å². The molecule has 2 aromatic rings. The smallest absolute Gasteiger partial charge is 0.148 e. The van der Waals surface area contributed by atoms with E-state index in [0.29, 0.717) is 6.04 Å². The van der Waals surface area contributed by atoms with Crippen molar-refractivity contribution in [2.24, 2.45) is 7.05 Å². The molecule has 0 saturated heterocycles. The minimum absolute atomic E-state index is 0.344. The van der Waals surface area contributed by atoms with Gasteiger partial charge in [-0.1, -0.05) is 43.7 Å². The lowest BCUT2D eigenvalue weighted by Gasteiger charge is -2.18. The quantitative estimate of drug-likeness (QED) is 0.851. The van der Waals surface area contributed by atoms with Crippen molar-refractivity contribution in [2.45, 2.75) is 25.8 Å². The fourth-order valence-electron chi connectivity index (χ4n) is 1.97. The van der Waals surface area contributed by atoms with Crippen LogP contribution in [-0.4, -0.2) is 9.78 Å². The maximum atomic E-state index is 4.36. The number of hydrogen-bond donors (Lipinski definition) is 1. The van der Waals surface area contributed by atoms with Gasteiger partial charge in [0.25, 0.3) is 0 Å². The van der Waals surface area contributed by atoms with Gasteiger partial charge < -0.3 is 5.32 Å². The first kappa shape index (κ1) is 11.7. The van der Waals surface area contributed by atoms with Crippen LogP contribution >= 0.6 is 0 Å². The van der Waals surface area contributed by atoms with Crippen LogP contribution in [0, 0.1) is 0 Å². The maximum Gasteiger partial charge on any atom is 0.148 e. The standard InChI is InChI=1S/C14H19N3/c1-3-7-13(12-8-5-4-6-9-12)15-14-10-11-17(2)16-14/h4-6,8-11,13H,3,7H2,1-2H3,(H,15,16). The Kier molecular flexibility index (Phi) is 3.81. The lowest BCUT2D eigenvalue weighted by molar-refractivity contribution is 0.669. The van der Waals surface area contributed by atoms with Gasteiger partial charge in [0.1, 0.15) is 5.82 Å². The van der Waals surface area contributed by atoms with Gasteiger partial charge in [-0.25, -0.2) is 0 Å². The highest BCUT2D eigenvalue weighted by atomic mass is 15.3. The fraction of sp³-hybridized carbons (Fsp3) is 0.357. The van der Waals surface area contributed by atoms with E-state index in [-0.39, 0.29) is 0 Å². The van der Waals surface area contributed by atoms with Gasteiger partial charge in [-0.15, -0.1) is 0 Å². The summed E-state index contributed by atoms with van der Waals surface area (Å²) in [4.78, 5) is 0. The van der Waals surface area contributed by atoms with Gasteiger partial charge in [0.2, 0.25) is 0 Å². The van der Waals surface area contributed by atoms with E-state index < -0.39 is 0 Å². The average Bonchev–Trinajstić information content (AvgIpc) is 2.75. The van der Waals surface area contributed by atoms with E-state index >= 15 is 0 Å². The van der Waals surface area contributed by atoms with Crippen molar-refractivity contribution in [3.8, 4) is 0 Å². The van der Waals surface area contributed by atoms with Crippen LogP contribution < -0.4 is 5.32 Å². The average molecular weight is 229 g/mol. The van der Waals surface area contributed by atoms with Gasteiger partial charge in [-0.3, -0.25) is 4.68 Å². The number of benzene rings is 1. The lowest BCUT2D eigenvalue weighted by Crippen LogP contribution is -2.11. The topological polar surface area (TPSA) is 29.9 Å². The molecule has 1 atom stereocenters. The molecule has 2 rings (SSSR count). The van der Waals surface area contributed by atoms with E-state index in [1.807, 2.05) is 30.1 Å². The van der Waals surface area contributed by atoms with Crippen molar-refractivity contribution in [1.82, 2.24) is 9.78 Å². The molecule has 1 aromatic carbocycles. The van der Waals surface area contributed by atoms with Crippen molar-refractivity contribution in [3.63, 3.8) is 0 Å². The zero-order valence-electron chi connectivity index (χ0n) is 10.4. The summed E-state index contributed by atoms with van der Waals surface area (Å²) < 4.78 is 1.82. The van der Waals surface area contributed by atoms with E-state index in [0.717, 1.165) is 18.7 Å². The molecule has 1 unspecified atom stereocenters. The summed E-state index contributed by atoms with van der Waals surface area (Å²) in [5, 5.41) is 7.85. The number of rotatable bonds is 5. The molecule has 3 nitrogen and oxygen atoms in total. The molecule has 0 aliphatic carbocycles. The van der Waals surface area contributed by atoms with Crippen LogP contribution in [0.25, 0.3) is 0 Å². The molecule has 0 amide bonds. The van der Waals surface area contributed by atoms with Crippen LogP contribution in [0.4, 0.5) is 5.82 Å². The zero-order chi connectivity index (χ0) is 12.1. The molecular weight excluding hydrogens is 210 g/mol. The van der Waals surface area contributed by atoms with Crippen molar-refractivity contribution >= 4 is 5.82 Å². The third-order valence-electron chi connectivity index (χ3n) is 2.82. The summed E-state index contributed by atoms with van der Waals surface area (Å²) in [6, 6.07) is 12.9. The highest BCUT2D eigenvalue weighted by Gasteiger charge is 2.10. The van der Waals surface area contributed by atoms with Crippen molar-refractivity contribution < 1.29 is 0 Å². The Morgan fingerprint density at radius 1 is 1.24 bits per heavy atom. The number of anilines is 1. The first-order valence-corrected chi connectivity index (χ1v) is 6.10. The third kappa shape index (κ3) is 3.09. The molecule has 1 heterocycles. The Balaban J connectivity index is 2.13. The number of aryl methyl sites for hydroxylation is 1. The lowest BCUT2D eigenvalue weighted by atomic mass is 10.0. The Bertz CT molecular complexity index is 448. The van der Waals surface area contributed by atoms with Crippen LogP contribution in [0.2, 0.25) is 0 Å². The molecule has 1 aromatic heterocycles. The molecule has 17 heavy (non-hydrogen) atoms. The number of nitrogens with one attached hydrogen (secondary N) is 1. The fourth-order valence-corrected chi connectivity index (χ4v) is 1.97. The van der Waals surface area contributed by atoms with E-state index in [2.05, 4.69) is 41.6 Å². The molecule has 90 valence electrons. The number of hydrogen-bond acceptors (Lipinski definition) is 2. The van der Waals surface area contributed by atoms with E-state index in [1.54, 1.807) is 0 Å². The highest BCUT2D eigenvalue weighted by Crippen LogP contribution is 2.22. The Morgan fingerprint density at radius 3 is 2.59 bits per heavy atom. The Morgan fingerprint density at radius 2 is 2.00 bits per heavy atom. The summed E-state index contributed by atoms with van der Waals surface area (Å²) in [7, 11) is 1.93. The second kappa shape index (κ2) is 5.53. The minimum atomic E-state index is 0.344. The largest absolute Gasteiger partial charge is 0.362 e. The molecule has 0 aliphatic heterocycles. The summed E-state index contributed by atoms with van der Waals surface area (Å²) >= 11 is 0. The molecule has 0 fully saturated rings. The summed E-state index contributed by atoms with van der Waals surface area (Å²) in [5.41, 5.74) is 1.32. The summed E-state index contributed by atoms with van der Waals surface area (Å²) in [5.74, 6) is 0.940.